The molecule has 1 spiro atoms. The van der Waals surface area contributed by atoms with Gasteiger partial charge in [-0.1, -0.05) is 24.3 Å². The smallest absolute Gasteiger partial charge is 0.407 e. The molecule has 1 aromatic carbocycles. The van der Waals surface area contributed by atoms with Crippen molar-refractivity contribution in [2.24, 2.45) is 5.92 Å². The van der Waals surface area contributed by atoms with Crippen molar-refractivity contribution in [2.45, 2.75) is 37.1 Å². The number of hydrogen-bond donors (Lipinski definition) is 1. The van der Waals surface area contributed by atoms with E-state index in [9.17, 15) is 9.90 Å². The maximum atomic E-state index is 11.2. The molecule has 4 nitrogen and oxygen atoms in total. The van der Waals surface area contributed by atoms with Gasteiger partial charge in [0.2, 0.25) is 0 Å². The van der Waals surface area contributed by atoms with Gasteiger partial charge in [0.15, 0.2) is 0 Å². The van der Waals surface area contributed by atoms with E-state index in [1.807, 2.05) is 0 Å². The summed E-state index contributed by atoms with van der Waals surface area (Å²) in [5.74, 6) is 0.733. The Bertz CT molecular complexity index is 593. The molecule has 2 fully saturated rings. The quantitative estimate of drug-likeness (QED) is 0.800. The van der Waals surface area contributed by atoms with Crippen LogP contribution in [-0.2, 0) is 5.41 Å². The molecule has 3 aliphatic rings. The lowest BCUT2D eigenvalue weighted by molar-refractivity contribution is 0.0971. The van der Waals surface area contributed by atoms with Crippen molar-refractivity contribution in [1.29, 1.82) is 0 Å². The van der Waals surface area contributed by atoms with Gasteiger partial charge in [0.25, 0.3) is 0 Å². The number of piperidine rings is 1. The Morgan fingerprint density at radius 2 is 1.95 bits per heavy atom. The molecule has 2 unspecified atom stereocenters. The molecule has 4 rings (SSSR count). The van der Waals surface area contributed by atoms with E-state index in [0.717, 1.165) is 18.8 Å². The predicted octanol–water partition coefficient (Wildman–Crippen LogP) is 3.09. The number of likely N-dealkylation sites (tertiary alicyclic amines) is 2. The highest BCUT2D eigenvalue weighted by atomic mass is 16.4. The topological polar surface area (TPSA) is 43.8 Å². The van der Waals surface area contributed by atoms with E-state index in [2.05, 4.69) is 36.2 Å². The Kier molecular flexibility index (Phi) is 3.19. The molecule has 1 aromatic rings. The molecular weight excluding hydrogens is 276 g/mol. The van der Waals surface area contributed by atoms with Crippen LogP contribution in [-0.4, -0.2) is 47.7 Å². The summed E-state index contributed by atoms with van der Waals surface area (Å²) in [6, 6.07) is 9.49. The minimum atomic E-state index is -0.766. The minimum Gasteiger partial charge on any atom is -0.465 e. The molecule has 0 bridgehead atoms. The summed E-state index contributed by atoms with van der Waals surface area (Å²) in [6.07, 6.45) is 3.69. The minimum absolute atomic E-state index is 0.203. The van der Waals surface area contributed by atoms with Crippen LogP contribution in [0.2, 0.25) is 0 Å². The Balaban J connectivity index is 1.71. The highest BCUT2D eigenvalue weighted by Crippen LogP contribution is 2.54. The van der Waals surface area contributed by atoms with Gasteiger partial charge >= 0.3 is 6.09 Å². The summed E-state index contributed by atoms with van der Waals surface area (Å²) in [4.78, 5) is 15.3. The molecule has 4 heteroatoms. The Labute approximate surface area is 131 Å². The second-order valence-corrected chi connectivity index (χ2v) is 7.32. The Morgan fingerprint density at radius 1 is 1.23 bits per heavy atom. The predicted molar refractivity (Wildman–Crippen MR) is 85.0 cm³/mol. The molecule has 2 heterocycles. The van der Waals surface area contributed by atoms with Crippen LogP contribution >= 0.6 is 0 Å². The Hall–Kier alpha value is -1.55. The Morgan fingerprint density at radius 3 is 2.68 bits per heavy atom. The summed E-state index contributed by atoms with van der Waals surface area (Å²) < 4.78 is 0. The third-order valence-electron chi connectivity index (χ3n) is 6.27. The first-order valence-electron chi connectivity index (χ1n) is 8.38. The zero-order valence-corrected chi connectivity index (χ0v) is 13.2. The molecule has 0 aromatic heterocycles. The van der Waals surface area contributed by atoms with Gasteiger partial charge in [0.1, 0.15) is 0 Å². The standard InChI is InChI=1S/C18H24N2O2/c1-19-9-6-13-12-18(7-10-20(11-8-18)17(21)22)15-5-3-2-4-14(15)16(13)19/h2-5,13,16H,6-12H2,1H3,(H,21,22). The molecule has 118 valence electrons. The zero-order chi connectivity index (χ0) is 15.3. The van der Waals surface area contributed by atoms with Crippen molar-refractivity contribution in [2.75, 3.05) is 26.7 Å². The number of amides is 1. The van der Waals surface area contributed by atoms with Gasteiger partial charge in [-0.3, -0.25) is 4.90 Å². The normalized spacial score (nSPS) is 30.1. The highest BCUT2D eigenvalue weighted by molar-refractivity contribution is 5.65. The van der Waals surface area contributed by atoms with Gasteiger partial charge in [-0.2, -0.15) is 0 Å². The number of nitrogens with zero attached hydrogens (tertiary/aromatic N) is 2. The molecule has 22 heavy (non-hydrogen) atoms. The summed E-state index contributed by atoms with van der Waals surface area (Å²) in [7, 11) is 2.24. The lowest BCUT2D eigenvalue weighted by atomic mass is 9.60. The van der Waals surface area contributed by atoms with Crippen LogP contribution in [0.25, 0.3) is 0 Å². The molecule has 2 aliphatic heterocycles. The number of benzene rings is 1. The fraction of sp³-hybridized carbons (Fsp3) is 0.611. The average molecular weight is 300 g/mol. The lowest BCUT2D eigenvalue weighted by Crippen LogP contribution is -2.48. The fourth-order valence-electron chi connectivity index (χ4n) is 5.18. The fourth-order valence-corrected chi connectivity index (χ4v) is 5.18. The zero-order valence-electron chi connectivity index (χ0n) is 13.2. The van der Waals surface area contributed by atoms with E-state index in [4.69, 9.17) is 0 Å². The van der Waals surface area contributed by atoms with Crippen molar-refractivity contribution >= 4 is 6.09 Å². The van der Waals surface area contributed by atoms with E-state index in [0.29, 0.717) is 19.1 Å². The van der Waals surface area contributed by atoms with Crippen molar-refractivity contribution in [1.82, 2.24) is 9.80 Å². The summed E-state index contributed by atoms with van der Waals surface area (Å²) in [5, 5.41) is 9.22. The van der Waals surface area contributed by atoms with Crippen LogP contribution in [0, 0.1) is 5.92 Å². The van der Waals surface area contributed by atoms with Crippen molar-refractivity contribution in [3.05, 3.63) is 35.4 Å². The van der Waals surface area contributed by atoms with E-state index in [1.165, 1.54) is 30.5 Å². The third-order valence-corrected chi connectivity index (χ3v) is 6.27. The monoisotopic (exact) mass is 300 g/mol. The van der Waals surface area contributed by atoms with Crippen LogP contribution in [0.4, 0.5) is 4.79 Å². The summed E-state index contributed by atoms with van der Waals surface area (Å²) in [5.41, 5.74) is 3.20. The van der Waals surface area contributed by atoms with Gasteiger partial charge < -0.3 is 10.0 Å². The van der Waals surface area contributed by atoms with E-state index in [-0.39, 0.29) is 5.41 Å². The van der Waals surface area contributed by atoms with Gasteiger partial charge in [-0.05, 0) is 61.7 Å². The summed E-state index contributed by atoms with van der Waals surface area (Å²) >= 11 is 0. The molecule has 1 aliphatic carbocycles. The first-order valence-corrected chi connectivity index (χ1v) is 8.38. The number of carboxylic acid groups (broad SMARTS) is 1. The number of rotatable bonds is 0. The first kappa shape index (κ1) is 14.1. The van der Waals surface area contributed by atoms with Gasteiger partial charge in [-0.25, -0.2) is 4.79 Å². The largest absolute Gasteiger partial charge is 0.465 e. The third kappa shape index (κ3) is 1.97. The number of hydrogen-bond acceptors (Lipinski definition) is 2. The first-order chi connectivity index (χ1) is 10.6. The van der Waals surface area contributed by atoms with Crippen LogP contribution in [0.1, 0.15) is 42.9 Å². The van der Waals surface area contributed by atoms with Gasteiger partial charge in [0.05, 0.1) is 0 Å². The van der Waals surface area contributed by atoms with Crippen molar-refractivity contribution < 1.29 is 9.90 Å². The number of fused-ring (bicyclic) bond motifs is 4. The highest BCUT2D eigenvalue weighted by Gasteiger charge is 2.49. The second-order valence-electron chi connectivity index (χ2n) is 7.32. The van der Waals surface area contributed by atoms with Crippen LogP contribution < -0.4 is 0 Å². The van der Waals surface area contributed by atoms with Crippen molar-refractivity contribution in [3.63, 3.8) is 0 Å². The van der Waals surface area contributed by atoms with E-state index in [1.54, 1.807) is 4.90 Å². The van der Waals surface area contributed by atoms with Crippen molar-refractivity contribution in [3.8, 4) is 0 Å². The maximum absolute atomic E-state index is 11.2. The van der Waals surface area contributed by atoms with Crippen LogP contribution in [0.5, 0.6) is 0 Å². The summed E-state index contributed by atoms with van der Waals surface area (Å²) in [6.45, 7) is 2.54. The van der Waals surface area contributed by atoms with Crippen LogP contribution in [0.3, 0.4) is 0 Å². The van der Waals surface area contributed by atoms with Gasteiger partial charge in [0, 0.05) is 19.1 Å². The molecule has 1 amide bonds. The maximum Gasteiger partial charge on any atom is 0.407 e. The molecule has 2 saturated heterocycles. The van der Waals surface area contributed by atoms with E-state index >= 15 is 0 Å². The molecular formula is C18H24N2O2. The number of carbonyl (C=O) groups is 1. The second kappa shape index (κ2) is 4.98. The average Bonchev–Trinajstić information content (AvgIpc) is 2.89. The van der Waals surface area contributed by atoms with Gasteiger partial charge in [-0.15, -0.1) is 0 Å². The SMILES string of the molecule is CN1CCC2CC3(CCN(C(=O)O)CC3)c3ccccc3C21. The molecule has 2 atom stereocenters. The molecule has 0 radical (unpaired) electrons. The molecule has 0 saturated carbocycles. The van der Waals surface area contributed by atoms with Crippen LogP contribution in [0.15, 0.2) is 24.3 Å². The lowest BCUT2D eigenvalue weighted by Gasteiger charge is -2.49. The molecule has 1 N–H and O–H groups in total. The van der Waals surface area contributed by atoms with E-state index < -0.39 is 6.09 Å².